The van der Waals surface area contributed by atoms with E-state index < -0.39 is 0 Å². The topological polar surface area (TPSA) is 67.2 Å². The number of aliphatic hydroxyl groups is 1. The standard InChI is InChI=1S/C9H15N3O2/c1-2-11-9(14)3-4-12-7-10-5-8(12)6-13/h5,7,13H,2-4,6H2,1H3,(H,11,14). The van der Waals surface area contributed by atoms with Crippen molar-refractivity contribution >= 4 is 5.91 Å². The third-order valence-corrected chi connectivity index (χ3v) is 1.91. The molecule has 0 radical (unpaired) electrons. The van der Waals surface area contributed by atoms with Crippen LogP contribution < -0.4 is 5.32 Å². The second-order valence-corrected chi connectivity index (χ2v) is 2.94. The SMILES string of the molecule is CCNC(=O)CCn1cncc1CO. The molecule has 0 aliphatic rings. The smallest absolute Gasteiger partial charge is 0.221 e. The number of amides is 1. The molecule has 1 heterocycles. The second-order valence-electron chi connectivity index (χ2n) is 2.94. The molecule has 0 saturated heterocycles. The Morgan fingerprint density at radius 1 is 1.71 bits per heavy atom. The Balaban J connectivity index is 2.41. The van der Waals surface area contributed by atoms with E-state index in [0.29, 0.717) is 19.5 Å². The van der Waals surface area contributed by atoms with Gasteiger partial charge in [-0.1, -0.05) is 0 Å². The number of hydrogen-bond donors (Lipinski definition) is 2. The maximum Gasteiger partial charge on any atom is 0.221 e. The third kappa shape index (κ3) is 2.85. The van der Waals surface area contributed by atoms with Crippen LogP contribution in [-0.2, 0) is 17.9 Å². The molecule has 2 N–H and O–H groups in total. The van der Waals surface area contributed by atoms with Gasteiger partial charge in [-0.2, -0.15) is 0 Å². The van der Waals surface area contributed by atoms with Gasteiger partial charge in [0, 0.05) is 19.5 Å². The molecule has 1 amide bonds. The predicted octanol–water partition coefficient (Wildman–Crippen LogP) is -0.0984. The summed E-state index contributed by atoms with van der Waals surface area (Å²) in [5.41, 5.74) is 0.731. The third-order valence-electron chi connectivity index (χ3n) is 1.91. The van der Waals surface area contributed by atoms with Crippen molar-refractivity contribution < 1.29 is 9.90 Å². The molecule has 0 bridgehead atoms. The minimum Gasteiger partial charge on any atom is -0.390 e. The number of hydrogen-bond acceptors (Lipinski definition) is 3. The van der Waals surface area contributed by atoms with Crippen molar-refractivity contribution in [2.75, 3.05) is 6.54 Å². The molecule has 1 aromatic heterocycles. The van der Waals surface area contributed by atoms with Crippen LogP contribution in [0.4, 0.5) is 0 Å². The summed E-state index contributed by atoms with van der Waals surface area (Å²) < 4.78 is 1.77. The number of aliphatic hydroxyl groups excluding tert-OH is 1. The average molecular weight is 197 g/mol. The van der Waals surface area contributed by atoms with Crippen molar-refractivity contribution in [3.05, 3.63) is 18.2 Å². The minimum absolute atomic E-state index is 0.0186. The van der Waals surface area contributed by atoms with E-state index >= 15 is 0 Å². The zero-order chi connectivity index (χ0) is 10.4. The van der Waals surface area contributed by atoms with E-state index in [9.17, 15) is 4.79 Å². The van der Waals surface area contributed by atoms with Crippen molar-refractivity contribution in [1.29, 1.82) is 0 Å². The van der Waals surface area contributed by atoms with Crippen LogP contribution in [0.25, 0.3) is 0 Å². The summed E-state index contributed by atoms with van der Waals surface area (Å²) in [7, 11) is 0. The van der Waals surface area contributed by atoms with Crippen LogP contribution in [0.5, 0.6) is 0 Å². The van der Waals surface area contributed by atoms with Crippen LogP contribution in [0.1, 0.15) is 19.0 Å². The molecule has 0 atom stereocenters. The number of carbonyl (C=O) groups excluding carboxylic acids is 1. The molecular weight excluding hydrogens is 182 g/mol. The van der Waals surface area contributed by atoms with Crippen molar-refractivity contribution in [2.24, 2.45) is 0 Å². The average Bonchev–Trinajstić information content (AvgIpc) is 2.62. The van der Waals surface area contributed by atoms with Crippen LogP contribution in [0.15, 0.2) is 12.5 Å². The predicted molar refractivity (Wildman–Crippen MR) is 51.5 cm³/mol. The Hall–Kier alpha value is -1.36. The number of rotatable bonds is 5. The lowest BCUT2D eigenvalue weighted by molar-refractivity contribution is -0.121. The van der Waals surface area contributed by atoms with E-state index in [1.807, 2.05) is 6.92 Å². The Labute approximate surface area is 82.8 Å². The number of nitrogens with zero attached hydrogens (tertiary/aromatic N) is 2. The van der Waals surface area contributed by atoms with E-state index in [-0.39, 0.29) is 12.5 Å². The first kappa shape index (κ1) is 10.7. The molecule has 0 saturated carbocycles. The second kappa shape index (κ2) is 5.39. The summed E-state index contributed by atoms with van der Waals surface area (Å²) in [5, 5.41) is 11.6. The lowest BCUT2D eigenvalue weighted by Crippen LogP contribution is -2.23. The first-order valence-corrected chi connectivity index (χ1v) is 4.64. The molecule has 0 aliphatic heterocycles. The largest absolute Gasteiger partial charge is 0.390 e. The molecule has 0 spiro atoms. The van der Waals surface area contributed by atoms with Gasteiger partial charge in [-0.15, -0.1) is 0 Å². The fourth-order valence-corrected chi connectivity index (χ4v) is 1.19. The van der Waals surface area contributed by atoms with Gasteiger partial charge >= 0.3 is 0 Å². The highest BCUT2D eigenvalue weighted by Gasteiger charge is 2.03. The molecule has 14 heavy (non-hydrogen) atoms. The van der Waals surface area contributed by atoms with E-state index in [4.69, 9.17) is 5.11 Å². The zero-order valence-electron chi connectivity index (χ0n) is 8.23. The molecule has 1 rings (SSSR count). The van der Waals surface area contributed by atoms with Crippen LogP contribution in [-0.4, -0.2) is 27.1 Å². The number of nitrogens with one attached hydrogen (secondary N) is 1. The highest BCUT2D eigenvalue weighted by atomic mass is 16.3. The summed E-state index contributed by atoms with van der Waals surface area (Å²) in [6, 6.07) is 0. The van der Waals surface area contributed by atoms with E-state index in [1.54, 1.807) is 17.1 Å². The monoisotopic (exact) mass is 197 g/mol. The highest BCUT2D eigenvalue weighted by Crippen LogP contribution is 2.00. The fraction of sp³-hybridized carbons (Fsp3) is 0.556. The van der Waals surface area contributed by atoms with Crippen molar-refractivity contribution in [3.8, 4) is 0 Å². The van der Waals surface area contributed by atoms with Gasteiger partial charge in [-0.3, -0.25) is 4.79 Å². The first-order valence-electron chi connectivity index (χ1n) is 4.64. The quantitative estimate of drug-likeness (QED) is 0.692. The van der Waals surface area contributed by atoms with Crippen LogP contribution in [0.2, 0.25) is 0 Å². The highest BCUT2D eigenvalue weighted by molar-refractivity contribution is 5.75. The molecule has 0 fully saturated rings. The molecule has 0 aliphatic carbocycles. The Kier molecular flexibility index (Phi) is 4.12. The van der Waals surface area contributed by atoms with Crippen molar-refractivity contribution in [2.45, 2.75) is 26.5 Å². The molecule has 1 aromatic rings. The van der Waals surface area contributed by atoms with E-state index in [0.717, 1.165) is 5.69 Å². The summed E-state index contributed by atoms with van der Waals surface area (Å²) in [6.07, 6.45) is 3.62. The lowest BCUT2D eigenvalue weighted by atomic mass is 10.3. The number of carbonyl (C=O) groups is 1. The van der Waals surface area contributed by atoms with Gasteiger partial charge in [0.15, 0.2) is 0 Å². The van der Waals surface area contributed by atoms with Gasteiger partial charge in [-0.05, 0) is 6.92 Å². The van der Waals surface area contributed by atoms with E-state index in [1.165, 1.54) is 0 Å². The van der Waals surface area contributed by atoms with Gasteiger partial charge in [-0.25, -0.2) is 4.98 Å². The zero-order valence-corrected chi connectivity index (χ0v) is 8.23. The van der Waals surface area contributed by atoms with Crippen molar-refractivity contribution in [3.63, 3.8) is 0 Å². The Morgan fingerprint density at radius 3 is 3.14 bits per heavy atom. The normalized spacial score (nSPS) is 10.1. The van der Waals surface area contributed by atoms with Gasteiger partial charge in [0.2, 0.25) is 5.91 Å². The number of aryl methyl sites for hydroxylation is 1. The van der Waals surface area contributed by atoms with Gasteiger partial charge in [0.25, 0.3) is 0 Å². The molecule has 0 aromatic carbocycles. The van der Waals surface area contributed by atoms with Crippen LogP contribution in [0.3, 0.4) is 0 Å². The maximum atomic E-state index is 11.1. The minimum atomic E-state index is -0.0462. The number of imidazole rings is 1. The molecule has 78 valence electrons. The van der Waals surface area contributed by atoms with E-state index in [2.05, 4.69) is 10.3 Å². The molecule has 5 heteroatoms. The van der Waals surface area contributed by atoms with Crippen LogP contribution >= 0.6 is 0 Å². The van der Waals surface area contributed by atoms with Crippen molar-refractivity contribution in [1.82, 2.24) is 14.9 Å². The fourth-order valence-electron chi connectivity index (χ4n) is 1.19. The summed E-state index contributed by atoms with van der Waals surface area (Å²) >= 11 is 0. The van der Waals surface area contributed by atoms with Gasteiger partial charge in [0.05, 0.1) is 24.8 Å². The lowest BCUT2D eigenvalue weighted by Gasteiger charge is -2.05. The molecule has 5 nitrogen and oxygen atoms in total. The molecular formula is C9H15N3O2. The summed E-state index contributed by atoms with van der Waals surface area (Å²) in [4.78, 5) is 15.0. The van der Waals surface area contributed by atoms with Gasteiger partial charge < -0.3 is 15.0 Å². The maximum absolute atomic E-state index is 11.1. The first-order chi connectivity index (χ1) is 6.77. The van der Waals surface area contributed by atoms with Gasteiger partial charge in [0.1, 0.15) is 0 Å². The van der Waals surface area contributed by atoms with Crippen LogP contribution in [0, 0.1) is 0 Å². The summed E-state index contributed by atoms with van der Waals surface area (Å²) in [6.45, 7) is 3.04. The Morgan fingerprint density at radius 2 is 2.50 bits per heavy atom. The Bertz CT molecular complexity index is 296. The summed E-state index contributed by atoms with van der Waals surface area (Å²) in [5.74, 6) is 0.0186. The number of aromatic nitrogens is 2. The molecule has 0 unspecified atom stereocenters.